The fourth-order valence-electron chi connectivity index (χ4n) is 3.93. The quantitative estimate of drug-likeness (QED) is 0.809. The number of nitrogens with one attached hydrogen (secondary N) is 1. The van der Waals surface area contributed by atoms with Crippen molar-refractivity contribution in [1.82, 2.24) is 5.32 Å². The molecule has 3 aliphatic rings. The van der Waals surface area contributed by atoms with E-state index in [1.165, 1.54) is 0 Å². The Balaban J connectivity index is 1.47. The lowest BCUT2D eigenvalue weighted by Crippen LogP contribution is -2.51. The Kier molecular flexibility index (Phi) is 4.74. The monoisotopic (exact) mass is 397 g/mol. The van der Waals surface area contributed by atoms with Crippen LogP contribution in [0.1, 0.15) is 12.8 Å². The summed E-state index contributed by atoms with van der Waals surface area (Å²) in [5.74, 6) is -1.48. The number of rotatable bonds is 4. The fraction of sp³-hybridized carbons (Fsp3) is 0.556. The molecule has 0 saturated carbocycles. The molecular formula is C18H21F2N3O5. The number of carbonyl (C=O) groups excluding carboxylic acids is 1. The summed E-state index contributed by atoms with van der Waals surface area (Å²) in [6.45, 7) is 2.42. The summed E-state index contributed by atoms with van der Waals surface area (Å²) in [4.78, 5) is 25.4. The highest BCUT2D eigenvalue weighted by molar-refractivity contribution is 5.90. The van der Waals surface area contributed by atoms with Gasteiger partial charge < -0.3 is 24.8 Å². The van der Waals surface area contributed by atoms with E-state index in [0.29, 0.717) is 26.3 Å². The van der Waals surface area contributed by atoms with Crippen LogP contribution in [0.25, 0.3) is 0 Å². The molecule has 0 aliphatic carbocycles. The van der Waals surface area contributed by atoms with E-state index in [1.807, 2.05) is 0 Å². The van der Waals surface area contributed by atoms with E-state index in [-0.39, 0.29) is 29.9 Å². The predicted molar refractivity (Wildman–Crippen MR) is 94.7 cm³/mol. The number of halogens is 2. The van der Waals surface area contributed by atoms with Crippen LogP contribution < -0.4 is 15.1 Å². The molecule has 2 N–H and O–H groups in total. The lowest BCUT2D eigenvalue weighted by Gasteiger charge is -2.47. The van der Waals surface area contributed by atoms with Crippen LogP contribution in [0, 0.1) is 17.0 Å². The van der Waals surface area contributed by atoms with Crippen LogP contribution in [0.15, 0.2) is 12.1 Å². The van der Waals surface area contributed by atoms with Gasteiger partial charge >= 0.3 is 12.2 Å². The maximum atomic E-state index is 14.7. The zero-order chi connectivity index (χ0) is 19.9. The Morgan fingerprint density at radius 2 is 1.89 bits per heavy atom. The zero-order valence-corrected chi connectivity index (χ0v) is 15.1. The van der Waals surface area contributed by atoms with Gasteiger partial charge in [-0.2, -0.15) is 0 Å². The molecule has 0 bridgehead atoms. The lowest BCUT2D eigenvalue weighted by atomic mass is 9.77. The van der Waals surface area contributed by atoms with Crippen LogP contribution in [0.5, 0.6) is 0 Å². The topological polar surface area (TPSA) is 91.3 Å². The second-order valence-corrected chi connectivity index (χ2v) is 7.54. The minimum absolute atomic E-state index is 0.00355. The molecule has 3 heterocycles. The number of cyclic esters (lactones) is 1. The molecule has 1 spiro atoms. The number of anilines is 2. The van der Waals surface area contributed by atoms with E-state index >= 15 is 0 Å². The van der Waals surface area contributed by atoms with Crippen molar-refractivity contribution in [3.8, 4) is 0 Å². The largest absolute Gasteiger partial charge is 0.465 e. The minimum atomic E-state index is -1.24. The molecule has 28 heavy (non-hydrogen) atoms. The molecule has 0 aromatic heterocycles. The average molecular weight is 397 g/mol. The van der Waals surface area contributed by atoms with Gasteiger partial charge in [0.15, 0.2) is 11.6 Å². The highest BCUT2D eigenvalue weighted by Crippen LogP contribution is 2.41. The van der Waals surface area contributed by atoms with Crippen molar-refractivity contribution < 1.29 is 33.0 Å². The number of carboxylic acid groups (broad SMARTS) is 1. The third-order valence-electron chi connectivity index (χ3n) is 5.63. The van der Waals surface area contributed by atoms with Crippen LogP contribution in [0.3, 0.4) is 0 Å². The van der Waals surface area contributed by atoms with Gasteiger partial charge in [-0.3, -0.25) is 4.90 Å². The standard InChI is InChI=1S/C18H21F2N3O5/c19-13-5-11(23-8-12(28-17(23)26)7-21-16(24)25)6-14(20)15(13)22-3-1-18(2-4-22)9-27-10-18/h5-6,12,21H,1-4,7-10H2,(H,24,25). The van der Waals surface area contributed by atoms with Crippen molar-refractivity contribution in [2.45, 2.75) is 18.9 Å². The van der Waals surface area contributed by atoms with Crippen molar-refractivity contribution in [3.63, 3.8) is 0 Å². The summed E-state index contributed by atoms with van der Waals surface area (Å²) in [6.07, 6.45) is -1.09. The second-order valence-electron chi connectivity index (χ2n) is 7.54. The summed E-state index contributed by atoms with van der Waals surface area (Å²) in [6, 6.07) is 2.23. The average Bonchev–Trinajstić information content (AvgIpc) is 2.99. The highest BCUT2D eigenvalue weighted by Gasteiger charge is 2.42. The van der Waals surface area contributed by atoms with Gasteiger partial charge in [-0.15, -0.1) is 0 Å². The lowest BCUT2D eigenvalue weighted by molar-refractivity contribution is -0.124. The van der Waals surface area contributed by atoms with Crippen LogP contribution in [0.4, 0.5) is 29.7 Å². The predicted octanol–water partition coefficient (Wildman–Crippen LogP) is 2.17. The Hall–Kier alpha value is -2.62. The number of nitrogens with zero attached hydrogens (tertiary/aromatic N) is 2. The molecule has 1 aromatic rings. The van der Waals surface area contributed by atoms with Crippen molar-refractivity contribution in [1.29, 1.82) is 0 Å². The molecule has 1 unspecified atom stereocenters. The first-order valence-electron chi connectivity index (χ1n) is 9.14. The Morgan fingerprint density at radius 1 is 1.25 bits per heavy atom. The Morgan fingerprint density at radius 3 is 2.43 bits per heavy atom. The van der Waals surface area contributed by atoms with E-state index in [0.717, 1.165) is 29.9 Å². The van der Waals surface area contributed by atoms with E-state index in [2.05, 4.69) is 5.32 Å². The normalized spacial score (nSPS) is 23.5. The van der Waals surface area contributed by atoms with Gasteiger partial charge in [0.1, 0.15) is 11.8 Å². The fourth-order valence-corrected chi connectivity index (χ4v) is 3.93. The first-order valence-corrected chi connectivity index (χ1v) is 9.14. The van der Waals surface area contributed by atoms with Crippen molar-refractivity contribution >= 4 is 23.6 Å². The summed E-state index contributed by atoms with van der Waals surface area (Å²) >= 11 is 0. The van der Waals surface area contributed by atoms with Crippen LogP contribution in [-0.2, 0) is 9.47 Å². The van der Waals surface area contributed by atoms with Crippen molar-refractivity contribution in [2.75, 3.05) is 49.2 Å². The number of ether oxygens (including phenoxy) is 2. The third-order valence-corrected chi connectivity index (χ3v) is 5.63. The van der Waals surface area contributed by atoms with Gasteiger partial charge in [0, 0.05) is 30.6 Å². The molecule has 8 nitrogen and oxygen atoms in total. The summed E-state index contributed by atoms with van der Waals surface area (Å²) < 4.78 is 39.8. The van der Waals surface area contributed by atoms with Crippen LogP contribution in [-0.4, -0.2) is 62.8 Å². The van der Waals surface area contributed by atoms with Crippen molar-refractivity contribution in [2.24, 2.45) is 5.41 Å². The van der Waals surface area contributed by atoms with Gasteiger partial charge in [0.25, 0.3) is 0 Å². The van der Waals surface area contributed by atoms with Gasteiger partial charge in [-0.05, 0) is 12.8 Å². The minimum Gasteiger partial charge on any atom is -0.465 e. The number of benzene rings is 1. The van der Waals surface area contributed by atoms with E-state index < -0.39 is 29.9 Å². The number of piperidine rings is 1. The smallest absolute Gasteiger partial charge is 0.414 e. The molecule has 4 rings (SSSR count). The van der Waals surface area contributed by atoms with Gasteiger partial charge in [0.05, 0.1) is 32.0 Å². The third kappa shape index (κ3) is 3.44. The molecule has 3 saturated heterocycles. The van der Waals surface area contributed by atoms with Gasteiger partial charge in [-0.25, -0.2) is 18.4 Å². The zero-order valence-electron chi connectivity index (χ0n) is 15.1. The van der Waals surface area contributed by atoms with Crippen molar-refractivity contribution in [3.05, 3.63) is 23.8 Å². The van der Waals surface area contributed by atoms with E-state index in [9.17, 15) is 18.4 Å². The molecular weight excluding hydrogens is 376 g/mol. The number of amides is 2. The van der Waals surface area contributed by atoms with Gasteiger partial charge in [-0.1, -0.05) is 0 Å². The maximum Gasteiger partial charge on any atom is 0.414 e. The molecule has 3 fully saturated rings. The van der Waals surface area contributed by atoms with E-state index in [4.69, 9.17) is 14.6 Å². The number of hydrogen-bond donors (Lipinski definition) is 2. The summed E-state index contributed by atoms with van der Waals surface area (Å²) in [5.41, 5.74) is 0.111. The molecule has 1 aromatic carbocycles. The molecule has 0 radical (unpaired) electrons. The molecule has 2 amide bonds. The Bertz CT molecular complexity index is 768. The van der Waals surface area contributed by atoms with Gasteiger partial charge in [0.2, 0.25) is 0 Å². The van der Waals surface area contributed by atoms with E-state index in [1.54, 1.807) is 4.90 Å². The first kappa shape index (κ1) is 18.7. The van der Waals surface area contributed by atoms with Crippen LogP contribution >= 0.6 is 0 Å². The maximum absolute atomic E-state index is 14.7. The first-order chi connectivity index (χ1) is 13.4. The molecule has 1 atom stereocenters. The second kappa shape index (κ2) is 7.08. The molecule has 3 aliphatic heterocycles. The highest BCUT2D eigenvalue weighted by atomic mass is 19.1. The Labute approximate surface area is 160 Å². The van der Waals surface area contributed by atoms with Crippen LogP contribution in [0.2, 0.25) is 0 Å². The summed E-state index contributed by atoms with van der Waals surface area (Å²) in [7, 11) is 0. The molecule has 152 valence electrons. The molecule has 10 heteroatoms. The number of carbonyl (C=O) groups is 2. The summed E-state index contributed by atoms with van der Waals surface area (Å²) in [5, 5.41) is 10.7. The SMILES string of the molecule is O=C(O)NCC1CN(c2cc(F)c(N3CCC4(CC3)COC4)c(F)c2)C(=O)O1. The number of hydrogen-bond acceptors (Lipinski definition) is 5.